The van der Waals surface area contributed by atoms with E-state index >= 15 is 0 Å². The highest BCUT2D eigenvalue weighted by molar-refractivity contribution is 5.93. The molecule has 28 heavy (non-hydrogen) atoms. The molecule has 1 heterocycles. The van der Waals surface area contributed by atoms with Crippen molar-refractivity contribution in [3.8, 4) is 11.3 Å². The maximum Gasteiger partial charge on any atom is 0.276 e. The SMILES string of the molecule is Cc1ccc(-c2cc(C(=O)N(CCC(=O)NC3CC3)CC(C)C)no2)cc1C. The van der Waals surface area contributed by atoms with E-state index in [1.54, 1.807) is 11.0 Å². The maximum atomic E-state index is 13.0. The quantitative estimate of drug-likeness (QED) is 0.754. The van der Waals surface area contributed by atoms with Crippen molar-refractivity contribution in [2.45, 2.75) is 53.0 Å². The van der Waals surface area contributed by atoms with Crippen molar-refractivity contribution in [1.82, 2.24) is 15.4 Å². The van der Waals surface area contributed by atoms with Crippen LogP contribution in [0.4, 0.5) is 0 Å². The van der Waals surface area contributed by atoms with Crippen LogP contribution in [0.15, 0.2) is 28.8 Å². The number of carbonyl (C=O) groups is 2. The second-order valence-corrected chi connectivity index (χ2v) is 8.11. The Morgan fingerprint density at radius 2 is 1.96 bits per heavy atom. The molecule has 0 bridgehead atoms. The van der Waals surface area contributed by atoms with Gasteiger partial charge in [0.15, 0.2) is 11.5 Å². The topological polar surface area (TPSA) is 75.4 Å². The summed E-state index contributed by atoms with van der Waals surface area (Å²) >= 11 is 0. The zero-order valence-electron chi connectivity index (χ0n) is 17.1. The van der Waals surface area contributed by atoms with Crippen LogP contribution in [0.3, 0.4) is 0 Å². The van der Waals surface area contributed by atoms with E-state index in [1.807, 2.05) is 39.0 Å². The summed E-state index contributed by atoms with van der Waals surface area (Å²) in [4.78, 5) is 26.7. The van der Waals surface area contributed by atoms with Gasteiger partial charge in [-0.1, -0.05) is 31.1 Å². The van der Waals surface area contributed by atoms with Crippen LogP contribution in [-0.4, -0.2) is 41.0 Å². The highest BCUT2D eigenvalue weighted by Gasteiger charge is 2.25. The molecule has 1 aromatic heterocycles. The summed E-state index contributed by atoms with van der Waals surface area (Å²) in [6.07, 6.45) is 2.41. The molecule has 0 atom stereocenters. The molecule has 1 saturated carbocycles. The first-order valence-electron chi connectivity index (χ1n) is 9.96. The van der Waals surface area contributed by atoms with Gasteiger partial charge in [0.05, 0.1) is 0 Å². The first-order valence-corrected chi connectivity index (χ1v) is 9.96. The van der Waals surface area contributed by atoms with E-state index in [1.165, 1.54) is 5.56 Å². The minimum Gasteiger partial charge on any atom is -0.355 e. The lowest BCUT2D eigenvalue weighted by Gasteiger charge is -2.23. The number of aromatic nitrogens is 1. The van der Waals surface area contributed by atoms with Crippen LogP contribution in [-0.2, 0) is 4.79 Å². The van der Waals surface area contributed by atoms with Gasteiger partial charge in [-0.05, 0) is 49.8 Å². The number of aryl methyl sites for hydroxylation is 2. The molecular formula is C22H29N3O3. The average molecular weight is 383 g/mol. The predicted octanol–water partition coefficient (Wildman–Crippen LogP) is 3.73. The summed E-state index contributed by atoms with van der Waals surface area (Å²) < 4.78 is 5.43. The van der Waals surface area contributed by atoms with Gasteiger partial charge in [0.2, 0.25) is 5.91 Å². The zero-order chi connectivity index (χ0) is 20.3. The largest absolute Gasteiger partial charge is 0.355 e. The van der Waals surface area contributed by atoms with Gasteiger partial charge in [0, 0.05) is 37.2 Å². The number of hydrogen-bond acceptors (Lipinski definition) is 4. The fraction of sp³-hybridized carbons (Fsp3) is 0.500. The van der Waals surface area contributed by atoms with Crippen LogP contribution in [0.5, 0.6) is 0 Å². The summed E-state index contributed by atoms with van der Waals surface area (Å²) in [7, 11) is 0. The third kappa shape index (κ3) is 5.21. The van der Waals surface area contributed by atoms with E-state index in [4.69, 9.17) is 4.52 Å². The van der Waals surface area contributed by atoms with E-state index in [9.17, 15) is 9.59 Å². The monoisotopic (exact) mass is 383 g/mol. The summed E-state index contributed by atoms with van der Waals surface area (Å²) in [6, 6.07) is 8.03. The third-order valence-electron chi connectivity index (χ3n) is 4.94. The van der Waals surface area contributed by atoms with Gasteiger partial charge >= 0.3 is 0 Å². The van der Waals surface area contributed by atoms with Crippen LogP contribution in [0.25, 0.3) is 11.3 Å². The van der Waals surface area contributed by atoms with E-state index in [0.717, 1.165) is 24.0 Å². The molecule has 150 valence electrons. The Morgan fingerprint density at radius 1 is 1.21 bits per heavy atom. The number of amides is 2. The first-order chi connectivity index (χ1) is 13.3. The molecule has 1 aliphatic rings. The molecule has 6 heteroatoms. The molecule has 0 spiro atoms. The molecule has 0 radical (unpaired) electrons. The van der Waals surface area contributed by atoms with Crippen LogP contribution >= 0.6 is 0 Å². The van der Waals surface area contributed by atoms with Gasteiger partial charge in [-0.25, -0.2) is 0 Å². The zero-order valence-corrected chi connectivity index (χ0v) is 17.1. The maximum absolute atomic E-state index is 13.0. The number of nitrogens with one attached hydrogen (secondary N) is 1. The van der Waals surface area contributed by atoms with Crippen molar-refractivity contribution in [2.75, 3.05) is 13.1 Å². The first kappa shape index (κ1) is 20.1. The summed E-state index contributed by atoms with van der Waals surface area (Å²) in [5.41, 5.74) is 3.53. The van der Waals surface area contributed by atoms with E-state index < -0.39 is 0 Å². The Hall–Kier alpha value is -2.63. The Morgan fingerprint density at radius 3 is 2.61 bits per heavy atom. The minimum absolute atomic E-state index is 0.0000264. The van der Waals surface area contributed by atoms with Crippen LogP contribution in [0, 0.1) is 19.8 Å². The van der Waals surface area contributed by atoms with E-state index in [-0.39, 0.29) is 17.5 Å². The van der Waals surface area contributed by atoms with Crippen molar-refractivity contribution in [1.29, 1.82) is 0 Å². The van der Waals surface area contributed by atoms with Crippen LogP contribution < -0.4 is 5.32 Å². The molecule has 2 amide bonds. The summed E-state index contributed by atoms with van der Waals surface area (Å²) in [5.74, 6) is 0.663. The highest BCUT2D eigenvalue weighted by atomic mass is 16.5. The molecule has 2 aromatic rings. The van der Waals surface area contributed by atoms with Crippen molar-refractivity contribution in [3.63, 3.8) is 0 Å². The highest BCUT2D eigenvalue weighted by Crippen LogP contribution is 2.24. The molecule has 1 N–H and O–H groups in total. The third-order valence-corrected chi connectivity index (χ3v) is 4.94. The number of nitrogens with zero attached hydrogens (tertiary/aromatic N) is 2. The van der Waals surface area contributed by atoms with Crippen molar-refractivity contribution in [2.24, 2.45) is 5.92 Å². The average Bonchev–Trinajstić information content (AvgIpc) is 3.31. The lowest BCUT2D eigenvalue weighted by atomic mass is 10.0. The van der Waals surface area contributed by atoms with Gasteiger partial charge in [0.25, 0.3) is 5.91 Å². The van der Waals surface area contributed by atoms with Crippen LogP contribution in [0.2, 0.25) is 0 Å². The van der Waals surface area contributed by atoms with Gasteiger partial charge in [0.1, 0.15) is 0 Å². The molecule has 3 rings (SSSR count). The fourth-order valence-electron chi connectivity index (χ4n) is 3.05. The molecule has 0 saturated heterocycles. The van der Waals surface area contributed by atoms with Crippen LogP contribution in [0.1, 0.15) is 54.7 Å². The Balaban J connectivity index is 1.69. The fourth-order valence-corrected chi connectivity index (χ4v) is 3.05. The molecule has 0 aliphatic heterocycles. The van der Waals surface area contributed by atoms with Crippen molar-refractivity contribution in [3.05, 3.63) is 41.1 Å². The molecule has 1 fully saturated rings. The molecule has 0 unspecified atom stereocenters. The molecule has 1 aromatic carbocycles. The molecule has 1 aliphatic carbocycles. The standard InChI is InChI=1S/C22H29N3O3/c1-14(2)13-25(10-9-21(26)23-18-7-8-18)22(27)19-12-20(28-24-19)17-6-5-15(3)16(4)11-17/h5-6,11-12,14,18H,7-10,13H2,1-4H3,(H,23,26). The van der Waals surface area contributed by atoms with Gasteiger partial charge in [-0.2, -0.15) is 0 Å². The Bertz CT molecular complexity index is 852. The van der Waals surface area contributed by atoms with Gasteiger partial charge in [-0.3, -0.25) is 9.59 Å². The number of carbonyl (C=O) groups excluding carboxylic acids is 2. The predicted molar refractivity (Wildman–Crippen MR) is 108 cm³/mol. The normalized spacial score (nSPS) is 13.6. The number of benzene rings is 1. The lowest BCUT2D eigenvalue weighted by Crippen LogP contribution is -2.38. The lowest BCUT2D eigenvalue weighted by molar-refractivity contribution is -0.121. The summed E-state index contributed by atoms with van der Waals surface area (Å²) in [5, 5.41) is 6.96. The van der Waals surface area contributed by atoms with Crippen molar-refractivity contribution < 1.29 is 14.1 Å². The second-order valence-electron chi connectivity index (χ2n) is 8.11. The van der Waals surface area contributed by atoms with E-state index in [2.05, 4.69) is 17.4 Å². The molecular weight excluding hydrogens is 354 g/mol. The Labute approximate surface area is 166 Å². The second kappa shape index (κ2) is 8.59. The minimum atomic E-state index is -0.202. The number of rotatable bonds is 8. The smallest absolute Gasteiger partial charge is 0.276 e. The van der Waals surface area contributed by atoms with Crippen molar-refractivity contribution >= 4 is 11.8 Å². The summed E-state index contributed by atoms with van der Waals surface area (Å²) in [6.45, 7) is 9.14. The van der Waals surface area contributed by atoms with Gasteiger partial charge in [-0.15, -0.1) is 0 Å². The van der Waals surface area contributed by atoms with E-state index in [0.29, 0.717) is 37.2 Å². The Kier molecular flexibility index (Phi) is 6.17. The molecule has 6 nitrogen and oxygen atoms in total. The number of hydrogen-bond donors (Lipinski definition) is 1. The van der Waals surface area contributed by atoms with Gasteiger partial charge < -0.3 is 14.7 Å².